The summed E-state index contributed by atoms with van der Waals surface area (Å²) in [5.41, 5.74) is -0.488. The Morgan fingerprint density at radius 3 is 2.60 bits per heavy atom. The standard InChI is InChI=1S/C14H25N3O3/c1-14(2,3)20-13(19)5-4-12(18)17-7-6-10-11(8-17)16-9-15-10/h10-11,15-16H,4-9H2,1-3H3. The van der Waals surface area contributed by atoms with E-state index in [-0.39, 0.29) is 24.7 Å². The van der Waals surface area contributed by atoms with Gasteiger partial charge in [-0.3, -0.25) is 20.2 Å². The highest BCUT2D eigenvalue weighted by molar-refractivity contribution is 5.81. The lowest BCUT2D eigenvalue weighted by atomic mass is 10.0. The van der Waals surface area contributed by atoms with Gasteiger partial charge in [-0.1, -0.05) is 0 Å². The van der Waals surface area contributed by atoms with Crippen LogP contribution in [0.15, 0.2) is 0 Å². The van der Waals surface area contributed by atoms with E-state index >= 15 is 0 Å². The quantitative estimate of drug-likeness (QED) is 0.726. The van der Waals surface area contributed by atoms with E-state index in [1.807, 2.05) is 25.7 Å². The lowest BCUT2D eigenvalue weighted by Gasteiger charge is -2.34. The number of fused-ring (bicyclic) bond motifs is 1. The van der Waals surface area contributed by atoms with E-state index in [1.165, 1.54) is 0 Å². The van der Waals surface area contributed by atoms with Gasteiger partial charge in [0.05, 0.1) is 6.42 Å². The molecule has 114 valence electrons. The summed E-state index contributed by atoms with van der Waals surface area (Å²) in [7, 11) is 0. The fourth-order valence-electron chi connectivity index (χ4n) is 2.71. The van der Waals surface area contributed by atoms with Gasteiger partial charge in [-0.05, 0) is 27.2 Å². The summed E-state index contributed by atoms with van der Waals surface area (Å²) in [6.07, 6.45) is 1.36. The largest absolute Gasteiger partial charge is 0.460 e. The van der Waals surface area contributed by atoms with Crippen LogP contribution in [0, 0.1) is 0 Å². The smallest absolute Gasteiger partial charge is 0.306 e. The van der Waals surface area contributed by atoms with Crippen molar-refractivity contribution in [3.8, 4) is 0 Å². The molecule has 0 bridgehead atoms. The van der Waals surface area contributed by atoms with Crippen molar-refractivity contribution in [2.24, 2.45) is 0 Å². The number of hydrogen-bond acceptors (Lipinski definition) is 5. The number of carbonyl (C=O) groups is 2. The number of nitrogens with one attached hydrogen (secondary N) is 2. The highest BCUT2D eigenvalue weighted by Crippen LogP contribution is 2.16. The van der Waals surface area contributed by atoms with Gasteiger partial charge in [0.25, 0.3) is 0 Å². The van der Waals surface area contributed by atoms with Crippen LogP contribution in [0.2, 0.25) is 0 Å². The lowest BCUT2D eigenvalue weighted by Crippen LogP contribution is -2.52. The molecule has 0 aliphatic carbocycles. The van der Waals surface area contributed by atoms with Crippen molar-refractivity contribution in [2.75, 3.05) is 19.8 Å². The number of likely N-dealkylation sites (tertiary alicyclic amines) is 1. The molecule has 0 aromatic rings. The number of esters is 1. The molecule has 6 nitrogen and oxygen atoms in total. The maximum absolute atomic E-state index is 12.1. The van der Waals surface area contributed by atoms with Crippen LogP contribution in [0.1, 0.15) is 40.0 Å². The molecule has 1 amide bonds. The molecule has 2 N–H and O–H groups in total. The fraction of sp³-hybridized carbons (Fsp3) is 0.857. The van der Waals surface area contributed by atoms with Gasteiger partial charge in [0.15, 0.2) is 0 Å². The van der Waals surface area contributed by atoms with E-state index in [0.29, 0.717) is 12.1 Å². The third kappa shape index (κ3) is 4.18. The SMILES string of the molecule is CC(C)(C)OC(=O)CCC(=O)N1CCC2NCNC2C1. The molecule has 0 radical (unpaired) electrons. The molecule has 6 heteroatoms. The van der Waals surface area contributed by atoms with Crippen LogP contribution >= 0.6 is 0 Å². The summed E-state index contributed by atoms with van der Waals surface area (Å²) in [5, 5.41) is 6.71. The van der Waals surface area contributed by atoms with Gasteiger partial charge < -0.3 is 9.64 Å². The minimum absolute atomic E-state index is 0.0445. The first-order valence-electron chi connectivity index (χ1n) is 7.31. The Morgan fingerprint density at radius 2 is 1.90 bits per heavy atom. The second-order valence-electron chi connectivity index (χ2n) is 6.51. The molecule has 0 saturated carbocycles. The van der Waals surface area contributed by atoms with Crippen LogP contribution in [-0.2, 0) is 14.3 Å². The topological polar surface area (TPSA) is 70.7 Å². The second kappa shape index (κ2) is 6.10. The maximum atomic E-state index is 12.1. The van der Waals surface area contributed by atoms with Crippen LogP contribution in [0.25, 0.3) is 0 Å². The van der Waals surface area contributed by atoms with Gasteiger partial charge in [-0.25, -0.2) is 0 Å². The van der Waals surface area contributed by atoms with Gasteiger partial charge in [0, 0.05) is 38.3 Å². The van der Waals surface area contributed by atoms with Crippen molar-refractivity contribution in [2.45, 2.75) is 57.7 Å². The van der Waals surface area contributed by atoms with Gasteiger partial charge in [0.2, 0.25) is 5.91 Å². The van der Waals surface area contributed by atoms with E-state index in [2.05, 4.69) is 10.6 Å². The summed E-state index contributed by atoms with van der Waals surface area (Å²) < 4.78 is 5.21. The summed E-state index contributed by atoms with van der Waals surface area (Å²) in [4.78, 5) is 25.6. The molecule has 2 aliphatic heterocycles. The number of hydrogen-bond donors (Lipinski definition) is 2. The number of piperidine rings is 1. The van der Waals surface area contributed by atoms with Crippen LogP contribution in [-0.4, -0.2) is 54.2 Å². The number of carbonyl (C=O) groups excluding carboxylic acids is 2. The number of amides is 1. The highest BCUT2D eigenvalue weighted by atomic mass is 16.6. The van der Waals surface area contributed by atoms with E-state index in [1.54, 1.807) is 0 Å². The van der Waals surface area contributed by atoms with E-state index in [9.17, 15) is 9.59 Å². The molecule has 2 unspecified atom stereocenters. The van der Waals surface area contributed by atoms with Crippen molar-refractivity contribution < 1.29 is 14.3 Å². The Kier molecular flexibility index (Phi) is 4.65. The zero-order valence-corrected chi connectivity index (χ0v) is 12.6. The monoisotopic (exact) mass is 283 g/mol. The van der Waals surface area contributed by atoms with Crippen LogP contribution < -0.4 is 10.6 Å². The summed E-state index contributed by atoms with van der Waals surface area (Å²) in [5.74, 6) is -0.260. The van der Waals surface area contributed by atoms with Crippen molar-refractivity contribution in [1.82, 2.24) is 15.5 Å². The lowest BCUT2D eigenvalue weighted by molar-refractivity contribution is -0.156. The van der Waals surface area contributed by atoms with Crippen molar-refractivity contribution >= 4 is 11.9 Å². The van der Waals surface area contributed by atoms with Gasteiger partial charge in [-0.15, -0.1) is 0 Å². The molecule has 2 fully saturated rings. The zero-order valence-electron chi connectivity index (χ0n) is 12.6. The predicted molar refractivity (Wildman–Crippen MR) is 75.0 cm³/mol. The summed E-state index contributed by atoms with van der Waals surface area (Å²) in [6.45, 7) is 7.80. The molecule has 2 rings (SSSR count). The second-order valence-corrected chi connectivity index (χ2v) is 6.51. The van der Waals surface area contributed by atoms with E-state index in [0.717, 1.165) is 26.2 Å². The van der Waals surface area contributed by atoms with Crippen molar-refractivity contribution in [3.05, 3.63) is 0 Å². The average molecular weight is 283 g/mol. The molecule has 20 heavy (non-hydrogen) atoms. The third-order valence-electron chi connectivity index (χ3n) is 3.66. The molecule has 0 spiro atoms. The first kappa shape index (κ1) is 15.3. The van der Waals surface area contributed by atoms with Crippen LogP contribution in [0.5, 0.6) is 0 Å². The molecule has 2 heterocycles. The van der Waals surface area contributed by atoms with E-state index in [4.69, 9.17) is 4.74 Å². The molecule has 2 aliphatic rings. The summed E-state index contributed by atoms with van der Waals surface area (Å²) in [6, 6.07) is 0.819. The average Bonchev–Trinajstić information content (AvgIpc) is 2.80. The minimum atomic E-state index is -0.488. The highest BCUT2D eigenvalue weighted by Gasteiger charge is 2.34. The number of ether oxygens (including phenoxy) is 1. The molecule has 2 atom stereocenters. The Bertz CT molecular complexity index is 378. The normalized spacial score (nSPS) is 26.2. The Labute approximate surface area is 120 Å². The fourth-order valence-corrected chi connectivity index (χ4v) is 2.71. The summed E-state index contributed by atoms with van der Waals surface area (Å²) >= 11 is 0. The van der Waals surface area contributed by atoms with Crippen LogP contribution in [0.4, 0.5) is 0 Å². The first-order valence-corrected chi connectivity index (χ1v) is 7.31. The molecule has 2 saturated heterocycles. The molecular formula is C14H25N3O3. The number of nitrogens with zero attached hydrogens (tertiary/aromatic N) is 1. The Morgan fingerprint density at radius 1 is 1.20 bits per heavy atom. The van der Waals surface area contributed by atoms with Crippen LogP contribution in [0.3, 0.4) is 0 Å². The predicted octanol–water partition coefficient (Wildman–Crippen LogP) is 0.228. The van der Waals surface area contributed by atoms with Crippen molar-refractivity contribution in [1.29, 1.82) is 0 Å². The third-order valence-corrected chi connectivity index (χ3v) is 3.66. The molecule has 0 aromatic carbocycles. The molecule has 0 aromatic heterocycles. The Hall–Kier alpha value is -1.14. The van der Waals surface area contributed by atoms with E-state index < -0.39 is 5.60 Å². The molecular weight excluding hydrogens is 258 g/mol. The number of rotatable bonds is 3. The van der Waals surface area contributed by atoms with Crippen molar-refractivity contribution in [3.63, 3.8) is 0 Å². The van der Waals surface area contributed by atoms with Gasteiger partial charge in [-0.2, -0.15) is 0 Å². The zero-order chi connectivity index (χ0) is 14.8. The van der Waals surface area contributed by atoms with Gasteiger partial charge in [0.1, 0.15) is 5.60 Å². The Balaban J connectivity index is 1.73. The first-order chi connectivity index (χ1) is 9.35. The minimum Gasteiger partial charge on any atom is -0.460 e. The van der Waals surface area contributed by atoms with Gasteiger partial charge >= 0.3 is 5.97 Å². The maximum Gasteiger partial charge on any atom is 0.306 e.